The van der Waals surface area contributed by atoms with Gasteiger partial charge in [-0.05, 0) is 39.7 Å². The van der Waals surface area contributed by atoms with Gasteiger partial charge in [0.25, 0.3) is 0 Å². The van der Waals surface area contributed by atoms with Crippen LogP contribution < -0.4 is 10.6 Å². The number of likely N-dealkylation sites (N-methyl/N-ethyl adjacent to an activating group) is 1. The average Bonchev–Trinajstić information content (AvgIpc) is 2.52. The minimum atomic E-state index is 0.183. The number of hydrogen-bond acceptors (Lipinski definition) is 3. The maximum Gasteiger partial charge on any atom is 0.234 e. The van der Waals surface area contributed by atoms with Gasteiger partial charge in [-0.1, -0.05) is 0 Å². The van der Waals surface area contributed by atoms with Crippen molar-refractivity contribution in [3.63, 3.8) is 0 Å². The third kappa shape index (κ3) is 2.38. The van der Waals surface area contributed by atoms with Gasteiger partial charge in [0.15, 0.2) is 0 Å². The fraction of sp³-hybridized carbons (Fsp3) is 0.917. The molecule has 2 fully saturated rings. The van der Waals surface area contributed by atoms with Crippen molar-refractivity contribution in [2.45, 2.75) is 50.7 Å². The minimum Gasteiger partial charge on any atom is -0.355 e. The average molecular weight is 225 g/mol. The van der Waals surface area contributed by atoms with E-state index in [9.17, 15) is 4.79 Å². The van der Waals surface area contributed by atoms with Gasteiger partial charge >= 0.3 is 0 Å². The van der Waals surface area contributed by atoms with Crippen LogP contribution in [0.5, 0.6) is 0 Å². The fourth-order valence-electron chi connectivity index (χ4n) is 3.19. The second kappa shape index (κ2) is 5.15. The zero-order valence-corrected chi connectivity index (χ0v) is 10.3. The predicted octanol–water partition coefficient (Wildman–Crippen LogP) is 0.337. The van der Waals surface area contributed by atoms with Crippen molar-refractivity contribution in [1.82, 2.24) is 15.5 Å². The molecule has 2 aliphatic rings. The smallest absolute Gasteiger partial charge is 0.234 e. The SMILES string of the molecule is CCNC(=O)CN1C2CCC1CC(NC)C2. The van der Waals surface area contributed by atoms with Gasteiger partial charge in [-0.2, -0.15) is 0 Å². The third-order valence-corrected chi connectivity index (χ3v) is 3.99. The predicted molar refractivity (Wildman–Crippen MR) is 64.3 cm³/mol. The molecule has 2 saturated heterocycles. The van der Waals surface area contributed by atoms with E-state index in [0.29, 0.717) is 24.7 Å². The number of carbonyl (C=O) groups excluding carboxylic acids is 1. The highest BCUT2D eigenvalue weighted by atomic mass is 16.2. The van der Waals surface area contributed by atoms with Gasteiger partial charge in [-0.25, -0.2) is 0 Å². The fourth-order valence-corrected chi connectivity index (χ4v) is 3.19. The summed E-state index contributed by atoms with van der Waals surface area (Å²) in [5.41, 5.74) is 0. The molecule has 0 aliphatic carbocycles. The maximum atomic E-state index is 11.6. The summed E-state index contributed by atoms with van der Waals surface area (Å²) in [4.78, 5) is 14.0. The third-order valence-electron chi connectivity index (χ3n) is 3.99. The molecule has 4 heteroatoms. The summed E-state index contributed by atoms with van der Waals surface area (Å²) in [6.45, 7) is 3.31. The second-order valence-electron chi connectivity index (χ2n) is 4.97. The summed E-state index contributed by atoms with van der Waals surface area (Å²) in [5, 5.41) is 6.27. The highest BCUT2D eigenvalue weighted by Crippen LogP contribution is 2.35. The first-order valence-corrected chi connectivity index (χ1v) is 6.44. The first kappa shape index (κ1) is 11.9. The normalized spacial score (nSPS) is 34.0. The Morgan fingerprint density at radius 1 is 1.31 bits per heavy atom. The van der Waals surface area contributed by atoms with Crippen molar-refractivity contribution >= 4 is 5.91 Å². The van der Waals surface area contributed by atoms with Crippen molar-refractivity contribution in [2.24, 2.45) is 0 Å². The summed E-state index contributed by atoms with van der Waals surface area (Å²) in [7, 11) is 2.05. The van der Waals surface area contributed by atoms with Gasteiger partial charge in [0, 0.05) is 24.7 Å². The molecule has 0 aromatic heterocycles. The molecule has 2 unspecified atom stereocenters. The van der Waals surface area contributed by atoms with Crippen LogP contribution in [0.25, 0.3) is 0 Å². The minimum absolute atomic E-state index is 0.183. The van der Waals surface area contributed by atoms with Crippen molar-refractivity contribution < 1.29 is 4.79 Å². The number of nitrogens with zero attached hydrogens (tertiary/aromatic N) is 1. The first-order chi connectivity index (χ1) is 7.74. The second-order valence-corrected chi connectivity index (χ2v) is 4.97. The van der Waals surface area contributed by atoms with E-state index in [1.807, 2.05) is 14.0 Å². The summed E-state index contributed by atoms with van der Waals surface area (Å²) in [6.07, 6.45) is 4.93. The Hall–Kier alpha value is -0.610. The number of nitrogens with one attached hydrogen (secondary N) is 2. The monoisotopic (exact) mass is 225 g/mol. The van der Waals surface area contributed by atoms with Crippen LogP contribution in [0.2, 0.25) is 0 Å². The Labute approximate surface area is 97.8 Å². The number of fused-ring (bicyclic) bond motifs is 2. The number of amides is 1. The molecule has 0 radical (unpaired) electrons. The molecule has 0 saturated carbocycles. The summed E-state index contributed by atoms with van der Waals surface area (Å²) < 4.78 is 0. The van der Waals surface area contributed by atoms with Gasteiger partial charge < -0.3 is 10.6 Å². The number of carbonyl (C=O) groups is 1. The molecule has 2 rings (SSSR count). The van der Waals surface area contributed by atoms with Crippen LogP contribution in [0.4, 0.5) is 0 Å². The highest BCUT2D eigenvalue weighted by Gasteiger charge is 2.40. The zero-order chi connectivity index (χ0) is 11.5. The molecule has 1 amide bonds. The molecule has 2 bridgehead atoms. The lowest BCUT2D eigenvalue weighted by molar-refractivity contribution is -0.123. The molecular weight excluding hydrogens is 202 g/mol. The van der Waals surface area contributed by atoms with Gasteiger partial charge in [0.05, 0.1) is 6.54 Å². The van der Waals surface area contributed by atoms with E-state index in [1.54, 1.807) is 0 Å². The van der Waals surface area contributed by atoms with Crippen molar-refractivity contribution in [3.8, 4) is 0 Å². The van der Waals surface area contributed by atoms with E-state index in [2.05, 4.69) is 15.5 Å². The Morgan fingerprint density at radius 2 is 1.94 bits per heavy atom. The van der Waals surface area contributed by atoms with E-state index in [1.165, 1.54) is 25.7 Å². The van der Waals surface area contributed by atoms with Crippen LogP contribution in [-0.4, -0.2) is 49.1 Å². The van der Waals surface area contributed by atoms with Crippen molar-refractivity contribution in [3.05, 3.63) is 0 Å². The van der Waals surface area contributed by atoms with Gasteiger partial charge in [-0.15, -0.1) is 0 Å². The van der Waals surface area contributed by atoms with Crippen LogP contribution in [-0.2, 0) is 4.79 Å². The van der Waals surface area contributed by atoms with Crippen molar-refractivity contribution in [2.75, 3.05) is 20.1 Å². The molecule has 2 heterocycles. The molecule has 2 aliphatic heterocycles. The van der Waals surface area contributed by atoms with Crippen molar-refractivity contribution in [1.29, 1.82) is 0 Å². The Kier molecular flexibility index (Phi) is 3.82. The largest absolute Gasteiger partial charge is 0.355 e. The zero-order valence-electron chi connectivity index (χ0n) is 10.3. The van der Waals surface area contributed by atoms with E-state index in [0.717, 1.165) is 6.54 Å². The number of hydrogen-bond donors (Lipinski definition) is 2. The standard InChI is InChI=1S/C12H23N3O/c1-3-14-12(16)8-15-10-4-5-11(15)7-9(6-10)13-2/h9-11,13H,3-8H2,1-2H3,(H,14,16). The lowest BCUT2D eigenvalue weighted by atomic mass is 9.97. The van der Waals surface area contributed by atoms with Gasteiger partial charge in [0.1, 0.15) is 0 Å². The molecule has 4 nitrogen and oxygen atoms in total. The molecule has 2 N–H and O–H groups in total. The van der Waals surface area contributed by atoms with Crippen LogP contribution in [0.3, 0.4) is 0 Å². The molecule has 92 valence electrons. The molecule has 0 aromatic carbocycles. The molecule has 16 heavy (non-hydrogen) atoms. The van der Waals surface area contributed by atoms with E-state index < -0.39 is 0 Å². The Bertz CT molecular complexity index is 243. The number of piperidine rings is 1. The van der Waals surface area contributed by atoms with Gasteiger partial charge in [-0.3, -0.25) is 9.69 Å². The van der Waals surface area contributed by atoms with E-state index >= 15 is 0 Å². The number of rotatable bonds is 4. The van der Waals surface area contributed by atoms with Crippen LogP contribution in [0.15, 0.2) is 0 Å². The highest BCUT2D eigenvalue weighted by molar-refractivity contribution is 5.78. The van der Waals surface area contributed by atoms with Crippen LogP contribution >= 0.6 is 0 Å². The molecule has 2 atom stereocenters. The summed E-state index contributed by atoms with van der Waals surface area (Å²) in [6, 6.07) is 1.90. The molecule has 0 spiro atoms. The molecular formula is C12H23N3O. The van der Waals surface area contributed by atoms with E-state index in [-0.39, 0.29) is 5.91 Å². The lowest BCUT2D eigenvalue weighted by Crippen LogP contribution is -2.51. The quantitative estimate of drug-likeness (QED) is 0.725. The summed E-state index contributed by atoms with van der Waals surface area (Å²) in [5.74, 6) is 0.183. The Balaban J connectivity index is 1.90. The van der Waals surface area contributed by atoms with Crippen LogP contribution in [0, 0.1) is 0 Å². The molecule has 0 aromatic rings. The van der Waals surface area contributed by atoms with Gasteiger partial charge in [0.2, 0.25) is 5.91 Å². The maximum absolute atomic E-state index is 11.6. The van der Waals surface area contributed by atoms with E-state index in [4.69, 9.17) is 0 Å². The summed E-state index contributed by atoms with van der Waals surface area (Å²) >= 11 is 0. The Morgan fingerprint density at radius 3 is 2.44 bits per heavy atom. The lowest BCUT2D eigenvalue weighted by Gasteiger charge is -2.38. The topological polar surface area (TPSA) is 44.4 Å². The van der Waals surface area contributed by atoms with Crippen LogP contribution in [0.1, 0.15) is 32.6 Å². The first-order valence-electron chi connectivity index (χ1n) is 6.44.